The van der Waals surface area contributed by atoms with Crippen molar-refractivity contribution in [2.75, 3.05) is 27.7 Å². The largest absolute Gasteiger partial charge is 0.496 e. The third kappa shape index (κ3) is 4.12. The summed E-state index contributed by atoms with van der Waals surface area (Å²) in [6, 6.07) is 7.15. The first-order valence-corrected chi connectivity index (χ1v) is 10.1. The molecule has 1 aliphatic heterocycles. The molecule has 0 saturated carbocycles. The van der Waals surface area contributed by atoms with Crippen LogP contribution in [0.4, 0.5) is 0 Å². The molecule has 0 saturated heterocycles. The molecule has 4 rings (SSSR count). The Hall–Kier alpha value is -3.92. The second-order valence-electron chi connectivity index (χ2n) is 7.71. The smallest absolute Gasteiger partial charge is 0.261 e. The van der Waals surface area contributed by atoms with Crippen LogP contribution in [-0.4, -0.2) is 64.1 Å². The number of carbonyl (C=O) groups is 2. The normalized spacial score (nSPS) is 15.6. The quantitative estimate of drug-likeness (QED) is 0.601. The maximum absolute atomic E-state index is 13.1. The van der Waals surface area contributed by atoms with Gasteiger partial charge in [0.1, 0.15) is 17.9 Å². The fraction of sp³-hybridized carbons (Fsp3) is 0.273. The van der Waals surface area contributed by atoms with Gasteiger partial charge in [-0.15, -0.1) is 0 Å². The summed E-state index contributed by atoms with van der Waals surface area (Å²) in [5.41, 5.74) is 6.58. The van der Waals surface area contributed by atoms with Crippen LogP contribution < -0.4 is 15.5 Å². The number of hydrogen-bond acceptors (Lipinski definition) is 7. The van der Waals surface area contributed by atoms with Crippen molar-refractivity contribution in [2.24, 2.45) is 0 Å². The Labute approximate surface area is 185 Å². The number of aryl methyl sites for hydroxylation is 1. The molecule has 3 aromatic rings. The average Bonchev–Trinajstić information content (AvgIpc) is 3.37. The molecule has 0 radical (unpaired) electrons. The number of nitrogens with one attached hydrogen (secondary N) is 2. The van der Waals surface area contributed by atoms with Crippen LogP contribution in [0.1, 0.15) is 27.5 Å². The van der Waals surface area contributed by atoms with Crippen molar-refractivity contribution in [3.8, 4) is 5.75 Å². The summed E-state index contributed by atoms with van der Waals surface area (Å²) in [4.78, 5) is 31.1. The summed E-state index contributed by atoms with van der Waals surface area (Å²) in [7, 11) is 5.00. The van der Waals surface area contributed by atoms with Crippen molar-refractivity contribution < 1.29 is 14.3 Å². The van der Waals surface area contributed by atoms with Crippen molar-refractivity contribution in [3.63, 3.8) is 0 Å². The zero-order valence-corrected chi connectivity index (χ0v) is 18.4. The van der Waals surface area contributed by atoms with E-state index < -0.39 is 6.04 Å². The Bertz CT molecular complexity index is 1200. The van der Waals surface area contributed by atoms with Crippen LogP contribution in [-0.2, 0) is 4.79 Å². The Morgan fingerprint density at radius 2 is 2.12 bits per heavy atom. The van der Waals surface area contributed by atoms with Crippen LogP contribution in [0.15, 0.2) is 54.8 Å². The number of ether oxygens (including phenoxy) is 1. The fourth-order valence-electron chi connectivity index (χ4n) is 3.50. The molecular weight excluding hydrogens is 410 g/mol. The Balaban J connectivity index is 1.67. The number of rotatable bonds is 6. The number of benzene rings is 1. The highest BCUT2D eigenvalue weighted by Crippen LogP contribution is 2.33. The third-order valence-corrected chi connectivity index (χ3v) is 5.18. The van der Waals surface area contributed by atoms with Gasteiger partial charge in [-0.05, 0) is 19.1 Å². The summed E-state index contributed by atoms with van der Waals surface area (Å²) in [6.07, 6.45) is 6.55. The summed E-state index contributed by atoms with van der Waals surface area (Å²) in [5.74, 6) is 0.249. The van der Waals surface area contributed by atoms with Crippen LogP contribution in [0.3, 0.4) is 0 Å². The van der Waals surface area contributed by atoms with Gasteiger partial charge in [-0.2, -0.15) is 5.10 Å². The van der Waals surface area contributed by atoms with Gasteiger partial charge in [-0.1, -0.05) is 17.7 Å². The van der Waals surface area contributed by atoms with Crippen LogP contribution in [0, 0.1) is 6.92 Å². The number of fused-ring (bicyclic) bond motifs is 1. The molecule has 1 aromatic carbocycles. The molecule has 32 heavy (non-hydrogen) atoms. The second-order valence-corrected chi connectivity index (χ2v) is 7.71. The van der Waals surface area contributed by atoms with Crippen LogP contribution in [0.5, 0.6) is 5.75 Å². The highest BCUT2D eigenvalue weighted by Gasteiger charge is 2.31. The molecular formula is C22H25N7O3. The number of nitrogens with zero attached hydrogens (tertiary/aromatic N) is 5. The number of methoxy groups -OCH3 is 1. The first-order valence-electron chi connectivity index (χ1n) is 10.1. The summed E-state index contributed by atoms with van der Waals surface area (Å²) < 4.78 is 7.09. The fourth-order valence-corrected chi connectivity index (χ4v) is 3.50. The SMILES string of the molecule is COc1ccc(C)cc1C1NN(CC(=O)N(C)C)C=C1NC(=O)c1cnn2cccnc12. The van der Waals surface area contributed by atoms with Crippen LogP contribution in [0.2, 0.25) is 0 Å². The van der Waals surface area contributed by atoms with E-state index in [1.807, 2.05) is 25.1 Å². The van der Waals surface area contributed by atoms with Gasteiger partial charge < -0.3 is 20.0 Å². The van der Waals surface area contributed by atoms with Gasteiger partial charge in [-0.25, -0.2) is 14.9 Å². The molecule has 0 fully saturated rings. The number of aromatic nitrogens is 3. The number of hydrogen-bond donors (Lipinski definition) is 2. The highest BCUT2D eigenvalue weighted by molar-refractivity contribution is 6.00. The second kappa shape index (κ2) is 8.67. The van der Waals surface area contributed by atoms with Gasteiger partial charge in [-0.3, -0.25) is 9.59 Å². The van der Waals surface area contributed by atoms with Crippen molar-refractivity contribution in [1.29, 1.82) is 0 Å². The van der Waals surface area contributed by atoms with E-state index in [-0.39, 0.29) is 18.4 Å². The summed E-state index contributed by atoms with van der Waals surface area (Å²) >= 11 is 0. The van der Waals surface area contributed by atoms with Crippen molar-refractivity contribution in [2.45, 2.75) is 13.0 Å². The molecule has 10 heteroatoms. The lowest BCUT2D eigenvalue weighted by molar-refractivity contribution is -0.129. The molecule has 0 bridgehead atoms. The molecule has 1 unspecified atom stereocenters. The van der Waals surface area contributed by atoms with Gasteiger partial charge in [0.2, 0.25) is 5.91 Å². The maximum atomic E-state index is 13.1. The topological polar surface area (TPSA) is 104 Å². The highest BCUT2D eigenvalue weighted by atomic mass is 16.5. The number of hydrazine groups is 1. The molecule has 0 spiro atoms. The van der Waals surface area contributed by atoms with E-state index in [1.165, 1.54) is 11.1 Å². The minimum absolute atomic E-state index is 0.0805. The minimum Gasteiger partial charge on any atom is -0.496 e. The van der Waals surface area contributed by atoms with Gasteiger partial charge in [0.05, 0.1) is 25.0 Å². The van der Waals surface area contributed by atoms with E-state index in [9.17, 15) is 9.59 Å². The lowest BCUT2D eigenvalue weighted by Gasteiger charge is -2.23. The Kier molecular flexibility index (Phi) is 5.78. The number of amides is 2. The average molecular weight is 435 g/mol. The number of likely N-dealkylation sites (N-methyl/N-ethyl adjacent to an activating group) is 1. The maximum Gasteiger partial charge on any atom is 0.261 e. The molecule has 166 valence electrons. The molecule has 1 atom stereocenters. The van der Waals surface area contributed by atoms with Crippen molar-refractivity contribution in [3.05, 3.63) is 71.4 Å². The molecule has 3 heterocycles. The third-order valence-electron chi connectivity index (χ3n) is 5.18. The monoisotopic (exact) mass is 435 g/mol. The molecule has 0 aliphatic carbocycles. The van der Waals surface area contributed by atoms with Gasteiger partial charge in [0, 0.05) is 38.3 Å². The van der Waals surface area contributed by atoms with E-state index >= 15 is 0 Å². The number of carbonyl (C=O) groups excluding carboxylic acids is 2. The Morgan fingerprint density at radius 1 is 1.31 bits per heavy atom. The Morgan fingerprint density at radius 3 is 2.88 bits per heavy atom. The van der Waals surface area contributed by atoms with Gasteiger partial charge >= 0.3 is 0 Å². The standard InChI is InChI=1S/C22H25N7O3/c1-14-6-7-18(32-4)15(10-14)20-17(12-28(26-20)13-19(30)27(2)3)25-22(31)16-11-24-29-9-5-8-23-21(16)29/h5-12,20,26H,13H2,1-4H3,(H,25,31). The lowest BCUT2D eigenvalue weighted by Crippen LogP contribution is -2.40. The van der Waals surface area contributed by atoms with Crippen molar-refractivity contribution in [1.82, 2.24) is 35.2 Å². The van der Waals surface area contributed by atoms with Crippen LogP contribution in [0.25, 0.3) is 5.65 Å². The molecule has 10 nitrogen and oxygen atoms in total. The first kappa shape index (κ1) is 21.3. The summed E-state index contributed by atoms with van der Waals surface area (Å²) in [6.45, 7) is 2.09. The predicted octanol–water partition coefficient (Wildman–Crippen LogP) is 1.27. The van der Waals surface area contributed by atoms with E-state index in [4.69, 9.17) is 4.74 Å². The first-order chi connectivity index (χ1) is 15.4. The predicted molar refractivity (Wildman–Crippen MR) is 118 cm³/mol. The molecule has 2 N–H and O–H groups in total. The minimum atomic E-state index is -0.418. The zero-order chi connectivity index (χ0) is 22.8. The lowest BCUT2D eigenvalue weighted by atomic mass is 10.0. The van der Waals surface area contributed by atoms with E-state index in [2.05, 4.69) is 20.8 Å². The molecule has 2 aromatic heterocycles. The van der Waals surface area contributed by atoms with Gasteiger partial charge in [0.15, 0.2) is 5.65 Å². The summed E-state index contributed by atoms with van der Waals surface area (Å²) in [5, 5.41) is 8.82. The van der Waals surface area contributed by atoms with E-state index in [0.717, 1.165) is 11.1 Å². The zero-order valence-electron chi connectivity index (χ0n) is 18.4. The van der Waals surface area contributed by atoms with Gasteiger partial charge in [0.25, 0.3) is 5.91 Å². The van der Waals surface area contributed by atoms with Crippen molar-refractivity contribution >= 4 is 17.5 Å². The van der Waals surface area contributed by atoms with E-state index in [0.29, 0.717) is 22.7 Å². The molecule has 1 aliphatic rings. The molecule has 2 amide bonds. The van der Waals surface area contributed by atoms with E-state index in [1.54, 1.807) is 55.4 Å². The van der Waals surface area contributed by atoms with Crippen LogP contribution >= 0.6 is 0 Å².